The molecule has 1 atom stereocenters. The molecule has 1 unspecified atom stereocenters. The molecule has 3 aromatic rings. The van der Waals surface area contributed by atoms with Crippen LogP contribution in [0.25, 0.3) is 10.9 Å². The van der Waals surface area contributed by atoms with Crippen LogP contribution in [0.3, 0.4) is 0 Å². The number of hydrogen-bond donors (Lipinski definition) is 2. The summed E-state index contributed by atoms with van der Waals surface area (Å²) in [6.07, 6.45) is 1.26. The SMILES string of the molecule is O=C(O)C1CN(C(=O)CCCc2nc3ccccc3c(=O)[nH]2)Cc2ccccc21. The maximum atomic E-state index is 12.7. The molecule has 148 valence electrons. The van der Waals surface area contributed by atoms with Crippen LogP contribution in [-0.4, -0.2) is 38.4 Å². The highest BCUT2D eigenvalue weighted by Crippen LogP contribution is 2.29. The van der Waals surface area contributed by atoms with E-state index in [0.29, 0.717) is 36.1 Å². The molecular formula is C22H21N3O4. The molecule has 4 rings (SSSR count). The van der Waals surface area contributed by atoms with Crippen LogP contribution in [0.5, 0.6) is 0 Å². The Morgan fingerprint density at radius 1 is 1.14 bits per heavy atom. The lowest BCUT2D eigenvalue weighted by atomic mass is 9.89. The van der Waals surface area contributed by atoms with Gasteiger partial charge >= 0.3 is 5.97 Å². The molecule has 1 aliphatic rings. The van der Waals surface area contributed by atoms with Crippen LogP contribution in [0.1, 0.15) is 35.7 Å². The molecule has 2 aromatic carbocycles. The van der Waals surface area contributed by atoms with E-state index < -0.39 is 11.9 Å². The standard InChI is InChI=1S/C22H21N3O4/c26-20(25-12-14-6-1-2-7-15(14)17(13-25)22(28)29)11-5-10-19-23-18-9-4-3-8-16(18)21(27)24-19/h1-4,6-9,17H,5,10-13H2,(H,28,29)(H,23,24,27). The summed E-state index contributed by atoms with van der Waals surface area (Å²) in [6, 6.07) is 14.5. The van der Waals surface area contributed by atoms with Gasteiger partial charge in [0.15, 0.2) is 0 Å². The molecule has 7 heteroatoms. The fourth-order valence-electron chi connectivity index (χ4n) is 3.83. The Morgan fingerprint density at radius 2 is 1.90 bits per heavy atom. The molecule has 0 aliphatic carbocycles. The van der Waals surface area contributed by atoms with Gasteiger partial charge in [0.25, 0.3) is 5.56 Å². The van der Waals surface area contributed by atoms with Crippen LogP contribution in [0.15, 0.2) is 53.3 Å². The van der Waals surface area contributed by atoms with Crippen LogP contribution < -0.4 is 5.56 Å². The summed E-state index contributed by atoms with van der Waals surface area (Å²) in [5.41, 5.74) is 2.10. The smallest absolute Gasteiger partial charge is 0.312 e. The van der Waals surface area contributed by atoms with E-state index in [2.05, 4.69) is 9.97 Å². The number of carboxylic acid groups (broad SMARTS) is 1. The number of aromatic nitrogens is 2. The zero-order valence-corrected chi connectivity index (χ0v) is 15.8. The molecule has 7 nitrogen and oxygen atoms in total. The van der Waals surface area contributed by atoms with Crippen molar-refractivity contribution in [3.8, 4) is 0 Å². The summed E-state index contributed by atoms with van der Waals surface area (Å²) in [4.78, 5) is 45.3. The largest absolute Gasteiger partial charge is 0.481 e. The Balaban J connectivity index is 1.41. The van der Waals surface area contributed by atoms with Gasteiger partial charge in [0, 0.05) is 25.9 Å². The minimum atomic E-state index is -0.923. The molecule has 0 saturated heterocycles. The fourth-order valence-corrected chi connectivity index (χ4v) is 3.83. The number of carbonyl (C=O) groups excluding carboxylic acids is 1. The number of nitrogens with zero attached hydrogens (tertiary/aromatic N) is 2. The van der Waals surface area contributed by atoms with E-state index in [9.17, 15) is 19.5 Å². The number of aliphatic carboxylic acids is 1. The summed E-state index contributed by atoms with van der Waals surface area (Å²) in [5.74, 6) is -1.17. The first-order valence-corrected chi connectivity index (χ1v) is 9.59. The molecule has 1 amide bonds. The van der Waals surface area contributed by atoms with Gasteiger partial charge < -0.3 is 15.0 Å². The van der Waals surface area contributed by atoms with E-state index in [1.165, 1.54) is 0 Å². The number of para-hydroxylation sites is 1. The number of aromatic amines is 1. The molecule has 1 aromatic heterocycles. The van der Waals surface area contributed by atoms with Crippen LogP contribution in [0.4, 0.5) is 0 Å². The van der Waals surface area contributed by atoms with Crippen LogP contribution in [0, 0.1) is 0 Å². The normalized spacial score (nSPS) is 15.9. The first-order valence-electron chi connectivity index (χ1n) is 9.59. The highest BCUT2D eigenvalue weighted by atomic mass is 16.4. The summed E-state index contributed by atoms with van der Waals surface area (Å²) in [7, 11) is 0. The van der Waals surface area contributed by atoms with Crippen LogP contribution in [-0.2, 0) is 22.6 Å². The van der Waals surface area contributed by atoms with E-state index in [-0.39, 0.29) is 24.4 Å². The maximum Gasteiger partial charge on any atom is 0.312 e. The first-order chi connectivity index (χ1) is 14.0. The Labute approximate surface area is 167 Å². The fraction of sp³-hybridized carbons (Fsp3) is 0.273. The predicted octanol–water partition coefficient (Wildman–Crippen LogP) is 2.46. The van der Waals surface area contributed by atoms with Gasteiger partial charge in [0.2, 0.25) is 5.91 Å². The number of amides is 1. The molecule has 0 saturated carbocycles. The van der Waals surface area contributed by atoms with Crippen molar-refractivity contribution in [1.82, 2.24) is 14.9 Å². The topological polar surface area (TPSA) is 103 Å². The summed E-state index contributed by atoms with van der Waals surface area (Å²) >= 11 is 0. The highest BCUT2D eigenvalue weighted by molar-refractivity contribution is 5.81. The number of carbonyl (C=O) groups is 2. The number of rotatable bonds is 5. The third kappa shape index (κ3) is 3.89. The molecule has 1 aliphatic heterocycles. The van der Waals surface area contributed by atoms with Crippen molar-refractivity contribution in [2.75, 3.05) is 6.54 Å². The lowest BCUT2D eigenvalue weighted by Crippen LogP contribution is -2.40. The third-order valence-electron chi connectivity index (χ3n) is 5.31. The van der Waals surface area contributed by atoms with Gasteiger partial charge in [-0.1, -0.05) is 36.4 Å². The molecule has 0 fully saturated rings. The Kier molecular flexibility index (Phi) is 5.12. The average Bonchev–Trinajstić information content (AvgIpc) is 2.72. The third-order valence-corrected chi connectivity index (χ3v) is 5.31. The van der Waals surface area contributed by atoms with Gasteiger partial charge in [-0.25, -0.2) is 4.98 Å². The first kappa shape index (κ1) is 18.9. The number of fused-ring (bicyclic) bond motifs is 2. The molecular weight excluding hydrogens is 370 g/mol. The van der Waals surface area contributed by atoms with Gasteiger partial charge in [0.1, 0.15) is 5.82 Å². The molecule has 0 spiro atoms. The van der Waals surface area contributed by atoms with Crippen molar-refractivity contribution in [3.05, 3.63) is 75.8 Å². The average molecular weight is 391 g/mol. The molecule has 2 N–H and O–H groups in total. The Hall–Kier alpha value is -3.48. The second-order valence-corrected chi connectivity index (χ2v) is 7.25. The van der Waals surface area contributed by atoms with Crippen LogP contribution >= 0.6 is 0 Å². The Bertz CT molecular complexity index is 1140. The van der Waals surface area contributed by atoms with Gasteiger partial charge in [-0.15, -0.1) is 0 Å². The molecule has 0 bridgehead atoms. The second-order valence-electron chi connectivity index (χ2n) is 7.25. The van der Waals surface area contributed by atoms with Gasteiger partial charge in [-0.05, 0) is 29.7 Å². The van der Waals surface area contributed by atoms with Crippen LogP contribution in [0.2, 0.25) is 0 Å². The quantitative estimate of drug-likeness (QED) is 0.695. The lowest BCUT2D eigenvalue weighted by Gasteiger charge is -2.33. The van der Waals surface area contributed by atoms with Crippen molar-refractivity contribution in [2.45, 2.75) is 31.7 Å². The number of H-pyrrole nitrogens is 1. The Morgan fingerprint density at radius 3 is 2.72 bits per heavy atom. The minimum Gasteiger partial charge on any atom is -0.481 e. The van der Waals surface area contributed by atoms with Gasteiger partial charge in [-0.2, -0.15) is 0 Å². The van der Waals surface area contributed by atoms with E-state index in [4.69, 9.17) is 0 Å². The monoisotopic (exact) mass is 391 g/mol. The van der Waals surface area contributed by atoms with Crippen molar-refractivity contribution in [1.29, 1.82) is 0 Å². The number of aryl methyl sites for hydroxylation is 1. The van der Waals surface area contributed by atoms with E-state index in [1.807, 2.05) is 30.3 Å². The summed E-state index contributed by atoms with van der Waals surface area (Å²) < 4.78 is 0. The number of hydrogen-bond acceptors (Lipinski definition) is 4. The lowest BCUT2D eigenvalue weighted by molar-refractivity contribution is -0.141. The second kappa shape index (κ2) is 7.87. The molecule has 0 radical (unpaired) electrons. The summed E-state index contributed by atoms with van der Waals surface area (Å²) in [6.45, 7) is 0.597. The summed E-state index contributed by atoms with van der Waals surface area (Å²) in [5, 5.41) is 10.1. The zero-order valence-electron chi connectivity index (χ0n) is 15.8. The zero-order chi connectivity index (χ0) is 20.4. The van der Waals surface area contributed by atoms with Gasteiger partial charge in [-0.3, -0.25) is 14.4 Å². The van der Waals surface area contributed by atoms with Crippen molar-refractivity contribution in [3.63, 3.8) is 0 Å². The van der Waals surface area contributed by atoms with Gasteiger partial charge in [0.05, 0.1) is 16.8 Å². The van der Waals surface area contributed by atoms with Crippen molar-refractivity contribution in [2.24, 2.45) is 0 Å². The van der Waals surface area contributed by atoms with E-state index >= 15 is 0 Å². The number of benzene rings is 2. The van der Waals surface area contributed by atoms with E-state index in [0.717, 1.165) is 11.1 Å². The highest BCUT2D eigenvalue weighted by Gasteiger charge is 2.32. The predicted molar refractivity (Wildman–Crippen MR) is 108 cm³/mol. The minimum absolute atomic E-state index is 0.0890. The van der Waals surface area contributed by atoms with Crippen molar-refractivity contribution >= 4 is 22.8 Å². The molecule has 29 heavy (non-hydrogen) atoms. The van der Waals surface area contributed by atoms with E-state index in [1.54, 1.807) is 23.1 Å². The maximum absolute atomic E-state index is 12.7. The number of nitrogens with one attached hydrogen (secondary N) is 1. The number of carboxylic acids is 1. The van der Waals surface area contributed by atoms with Crippen molar-refractivity contribution < 1.29 is 14.7 Å². The molecule has 2 heterocycles.